The van der Waals surface area contributed by atoms with Crippen LogP contribution in [0.4, 0.5) is 5.69 Å². The molecule has 2 rings (SSSR count). The third-order valence-electron chi connectivity index (χ3n) is 2.86. The minimum absolute atomic E-state index is 0.387. The highest BCUT2D eigenvalue weighted by molar-refractivity contribution is 5.96. The summed E-state index contributed by atoms with van der Waals surface area (Å²) >= 11 is 0. The zero-order valence-electron chi connectivity index (χ0n) is 11.2. The van der Waals surface area contributed by atoms with Crippen molar-refractivity contribution in [3.05, 3.63) is 41.0 Å². The highest BCUT2D eigenvalue weighted by Gasteiger charge is 2.16. The van der Waals surface area contributed by atoms with E-state index in [0.717, 1.165) is 11.4 Å². The summed E-state index contributed by atoms with van der Waals surface area (Å²) in [6.07, 6.45) is 0. The number of carbonyl (C=O) groups excluding carboxylic acids is 1. The van der Waals surface area contributed by atoms with Crippen LogP contribution in [0.5, 0.6) is 0 Å². The van der Waals surface area contributed by atoms with E-state index in [1.54, 1.807) is 16.8 Å². The summed E-state index contributed by atoms with van der Waals surface area (Å²) in [5.74, 6) is 1.04. The van der Waals surface area contributed by atoms with E-state index < -0.39 is 5.97 Å². The molecule has 0 amide bonds. The summed E-state index contributed by atoms with van der Waals surface area (Å²) < 4.78 is 6.50. The molecule has 0 saturated heterocycles. The standard InChI is InChI=1S/C13H16N4O2/c1-8-15-9(2)17(16-8)7-10-5-4-6-11(14)12(10)13(18)19-3/h4-6H,7,14H2,1-3H3. The molecular formula is C13H16N4O2. The quantitative estimate of drug-likeness (QED) is 0.664. The Balaban J connectivity index is 2.43. The van der Waals surface area contributed by atoms with Gasteiger partial charge in [-0.1, -0.05) is 12.1 Å². The normalized spacial score (nSPS) is 10.5. The summed E-state index contributed by atoms with van der Waals surface area (Å²) in [7, 11) is 1.34. The molecule has 19 heavy (non-hydrogen) atoms. The van der Waals surface area contributed by atoms with Crippen molar-refractivity contribution < 1.29 is 9.53 Å². The summed E-state index contributed by atoms with van der Waals surface area (Å²) in [5.41, 5.74) is 7.40. The topological polar surface area (TPSA) is 83.0 Å². The fraction of sp³-hybridized carbons (Fsp3) is 0.308. The van der Waals surface area contributed by atoms with Gasteiger partial charge in [-0.15, -0.1) is 0 Å². The lowest BCUT2D eigenvalue weighted by molar-refractivity contribution is 0.0600. The Morgan fingerprint density at radius 2 is 2.16 bits per heavy atom. The number of ether oxygens (including phenoxy) is 1. The van der Waals surface area contributed by atoms with Gasteiger partial charge >= 0.3 is 5.97 Å². The molecule has 0 aliphatic carbocycles. The number of methoxy groups -OCH3 is 1. The number of aryl methyl sites for hydroxylation is 2. The number of nitrogen functional groups attached to an aromatic ring is 1. The molecular weight excluding hydrogens is 244 g/mol. The molecule has 0 unspecified atom stereocenters. The van der Waals surface area contributed by atoms with E-state index in [2.05, 4.69) is 10.1 Å². The van der Waals surface area contributed by atoms with E-state index >= 15 is 0 Å². The van der Waals surface area contributed by atoms with Gasteiger partial charge in [-0.2, -0.15) is 5.10 Å². The predicted molar refractivity (Wildman–Crippen MR) is 70.8 cm³/mol. The van der Waals surface area contributed by atoms with Gasteiger partial charge in [0.1, 0.15) is 11.6 Å². The molecule has 6 nitrogen and oxygen atoms in total. The molecule has 0 radical (unpaired) electrons. The van der Waals surface area contributed by atoms with Gasteiger partial charge in [0.2, 0.25) is 0 Å². The molecule has 2 aromatic rings. The van der Waals surface area contributed by atoms with Gasteiger partial charge in [-0.05, 0) is 25.5 Å². The Morgan fingerprint density at radius 1 is 1.42 bits per heavy atom. The van der Waals surface area contributed by atoms with E-state index in [1.807, 2.05) is 19.9 Å². The van der Waals surface area contributed by atoms with Gasteiger partial charge in [0, 0.05) is 5.69 Å². The number of anilines is 1. The fourth-order valence-electron chi connectivity index (χ4n) is 1.98. The fourth-order valence-corrected chi connectivity index (χ4v) is 1.98. The lowest BCUT2D eigenvalue weighted by Crippen LogP contribution is -2.13. The highest BCUT2D eigenvalue weighted by atomic mass is 16.5. The van der Waals surface area contributed by atoms with Gasteiger partial charge in [0.25, 0.3) is 0 Å². The van der Waals surface area contributed by atoms with Crippen molar-refractivity contribution in [1.29, 1.82) is 0 Å². The second kappa shape index (κ2) is 5.09. The van der Waals surface area contributed by atoms with Gasteiger partial charge in [0.05, 0.1) is 19.2 Å². The van der Waals surface area contributed by atoms with Crippen molar-refractivity contribution in [2.75, 3.05) is 12.8 Å². The van der Waals surface area contributed by atoms with Crippen LogP contribution in [0.15, 0.2) is 18.2 Å². The number of rotatable bonds is 3. The largest absolute Gasteiger partial charge is 0.465 e. The molecule has 6 heteroatoms. The lowest BCUT2D eigenvalue weighted by Gasteiger charge is -2.11. The minimum Gasteiger partial charge on any atom is -0.465 e. The number of carbonyl (C=O) groups is 1. The van der Waals surface area contributed by atoms with E-state index in [4.69, 9.17) is 10.5 Å². The first-order valence-electron chi connectivity index (χ1n) is 5.86. The maximum absolute atomic E-state index is 11.8. The molecule has 1 aromatic heterocycles. The molecule has 0 spiro atoms. The zero-order valence-corrected chi connectivity index (χ0v) is 11.2. The van der Waals surface area contributed by atoms with Crippen LogP contribution in [0.25, 0.3) is 0 Å². The molecule has 1 heterocycles. The first-order valence-corrected chi connectivity index (χ1v) is 5.86. The third kappa shape index (κ3) is 2.57. The molecule has 0 atom stereocenters. The Bertz CT molecular complexity index is 619. The number of esters is 1. The Kier molecular flexibility index (Phi) is 3.50. The molecule has 0 fully saturated rings. The zero-order chi connectivity index (χ0) is 14.0. The first-order chi connectivity index (χ1) is 9.02. The van der Waals surface area contributed by atoms with Crippen LogP contribution < -0.4 is 5.73 Å². The van der Waals surface area contributed by atoms with E-state index in [-0.39, 0.29) is 0 Å². The van der Waals surface area contributed by atoms with Crippen LogP contribution in [0.2, 0.25) is 0 Å². The Labute approximate surface area is 111 Å². The maximum Gasteiger partial charge on any atom is 0.340 e. The van der Waals surface area contributed by atoms with Crippen molar-refractivity contribution in [3.63, 3.8) is 0 Å². The maximum atomic E-state index is 11.8. The molecule has 0 bridgehead atoms. The van der Waals surface area contributed by atoms with Crippen molar-refractivity contribution in [2.45, 2.75) is 20.4 Å². The van der Waals surface area contributed by atoms with Crippen LogP contribution in [-0.4, -0.2) is 27.8 Å². The highest BCUT2D eigenvalue weighted by Crippen LogP contribution is 2.19. The van der Waals surface area contributed by atoms with Gasteiger partial charge in [-0.25, -0.2) is 14.5 Å². The average Bonchev–Trinajstić information content (AvgIpc) is 2.67. The molecule has 0 saturated carbocycles. The van der Waals surface area contributed by atoms with Crippen molar-refractivity contribution in [3.8, 4) is 0 Å². The third-order valence-corrected chi connectivity index (χ3v) is 2.86. The van der Waals surface area contributed by atoms with Crippen molar-refractivity contribution in [1.82, 2.24) is 14.8 Å². The van der Waals surface area contributed by atoms with E-state index in [1.165, 1.54) is 7.11 Å². The van der Waals surface area contributed by atoms with Gasteiger partial charge < -0.3 is 10.5 Å². The predicted octanol–water partition coefficient (Wildman–Crippen LogP) is 1.31. The SMILES string of the molecule is COC(=O)c1c(N)cccc1Cn1nc(C)nc1C. The second-order valence-electron chi connectivity index (χ2n) is 4.24. The number of aromatic nitrogens is 3. The van der Waals surface area contributed by atoms with E-state index in [9.17, 15) is 4.79 Å². The average molecular weight is 260 g/mol. The van der Waals surface area contributed by atoms with Crippen LogP contribution >= 0.6 is 0 Å². The monoisotopic (exact) mass is 260 g/mol. The van der Waals surface area contributed by atoms with Crippen LogP contribution in [0.3, 0.4) is 0 Å². The summed E-state index contributed by atoms with van der Waals surface area (Å²) in [5, 5.41) is 4.27. The Morgan fingerprint density at radius 3 is 2.74 bits per heavy atom. The number of hydrogen-bond acceptors (Lipinski definition) is 5. The first kappa shape index (κ1) is 13.1. The molecule has 0 aliphatic heterocycles. The summed E-state index contributed by atoms with van der Waals surface area (Å²) in [4.78, 5) is 16.0. The minimum atomic E-state index is -0.442. The lowest BCUT2D eigenvalue weighted by atomic mass is 10.1. The molecule has 2 N–H and O–H groups in total. The van der Waals surface area contributed by atoms with E-state index in [0.29, 0.717) is 23.6 Å². The number of hydrogen-bond donors (Lipinski definition) is 1. The van der Waals surface area contributed by atoms with Crippen molar-refractivity contribution >= 4 is 11.7 Å². The van der Waals surface area contributed by atoms with Crippen LogP contribution in [0.1, 0.15) is 27.6 Å². The van der Waals surface area contributed by atoms with Gasteiger partial charge in [-0.3, -0.25) is 0 Å². The molecule has 100 valence electrons. The van der Waals surface area contributed by atoms with Crippen LogP contribution in [-0.2, 0) is 11.3 Å². The summed E-state index contributed by atoms with van der Waals surface area (Å²) in [6.45, 7) is 4.12. The Hall–Kier alpha value is -2.37. The molecule has 1 aromatic carbocycles. The van der Waals surface area contributed by atoms with Crippen molar-refractivity contribution in [2.24, 2.45) is 0 Å². The molecule has 0 aliphatic rings. The number of nitrogens with zero attached hydrogens (tertiary/aromatic N) is 3. The summed E-state index contributed by atoms with van der Waals surface area (Å²) in [6, 6.07) is 5.31. The van der Waals surface area contributed by atoms with Crippen LogP contribution in [0, 0.1) is 13.8 Å². The number of benzene rings is 1. The van der Waals surface area contributed by atoms with Gasteiger partial charge in [0.15, 0.2) is 0 Å². The number of nitrogens with two attached hydrogens (primary N) is 1. The smallest absolute Gasteiger partial charge is 0.340 e. The second-order valence-corrected chi connectivity index (χ2v) is 4.24.